The van der Waals surface area contributed by atoms with Crippen LogP contribution < -0.4 is 10.6 Å². The first-order chi connectivity index (χ1) is 15.0. The Morgan fingerprint density at radius 1 is 1.23 bits per heavy atom. The summed E-state index contributed by atoms with van der Waals surface area (Å²) < 4.78 is 7.23. The SMILES string of the molecule is O=C(CSc1nc2ccc(NC(=O)c3ccc(Cl)cc3Cl)cc2s1)NCC1CCCO1. The molecule has 0 radical (unpaired) electrons. The van der Waals surface area contributed by atoms with Gasteiger partial charge in [0.05, 0.1) is 32.7 Å². The highest BCUT2D eigenvalue weighted by atomic mass is 35.5. The molecule has 1 aromatic heterocycles. The molecule has 2 heterocycles. The molecule has 1 atom stereocenters. The molecule has 0 spiro atoms. The van der Waals surface area contributed by atoms with Gasteiger partial charge in [-0.25, -0.2) is 4.98 Å². The normalized spacial score (nSPS) is 15.9. The first-order valence-corrected chi connectivity index (χ1v) is 12.2. The minimum atomic E-state index is -0.317. The van der Waals surface area contributed by atoms with Crippen molar-refractivity contribution in [3.8, 4) is 0 Å². The summed E-state index contributed by atoms with van der Waals surface area (Å²) >= 11 is 14.9. The number of hydrogen-bond acceptors (Lipinski definition) is 6. The number of rotatable bonds is 7. The monoisotopic (exact) mass is 495 g/mol. The second-order valence-corrected chi connectivity index (χ2v) is 10.1. The second kappa shape index (κ2) is 10.2. The fourth-order valence-electron chi connectivity index (χ4n) is 3.13. The number of fused-ring (bicyclic) bond motifs is 1. The number of hydrogen-bond donors (Lipinski definition) is 2. The summed E-state index contributed by atoms with van der Waals surface area (Å²) in [5.74, 6) is -0.0545. The molecule has 1 aliphatic rings. The van der Waals surface area contributed by atoms with Crippen molar-refractivity contribution in [3.63, 3.8) is 0 Å². The lowest BCUT2D eigenvalue weighted by Gasteiger charge is -2.09. The number of nitrogens with zero attached hydrogens (tertiary/aromatic N) is 1. The van der Waals surface area contributed by atoms with Gasteiger partial charge in [0.1, 0.15) is 0 Å². The van der Waals surface area contributed by atoms with Gasteiger partial charge in [0.25, 0.3) is 5.91 Å². The van der Waals surface area contributed by atoms with Gasteiger partial charge < -0.3 is 15.4 Å². The zero-order valence-electron chi connectivity index (χ0n) is 16.3. The number of ether oxygens (including phenoxy) is 1. The fourth-order valence-corrected chi connectivity index (χ4v) is 5.56. The number of anilines is 1. The van der Waals surface area contributed by atoms with Crippen molar-refractivity contribution in [1.29, 1.82) is 0 Å². The maximum Gasteiger partial charge on any atom is 0.257 e. The van der Waals surface area contributed by atoms with Crippen molar-refractivity contribution in [3.05, 3.63) is 52.0 Å². The van der Waals surface area contributed by atoms with Crippen LogP contribution >= 0.6 is 46.3 Å². The lowest BCUT2D eigenvalue weighted by atomic mass is 10.2. The molecule has 0 saturated carbocycles. The van der Waals surface area contributed by atoms with Crippen molar-refractivity contribution in [2.45, 2.75) is 23.3 Å². The van der Waals surface area contributed by atoms with Crippen molar-refractivity contribution < 1.29 is 14.3 Å². The van der Waals surface area contributed by atoms with Gasteiger partial charge >= 0.3 is 0 Å². The Bertz CT molecular complexity index is 1120. The molecule has 1 aliphatic heterocycles. The smallest absolute Gasteiger partial charge is 0.257 e. The average molecular weight is 496 g/mol. The first kappa shape index (κ1) is 22.4. The minimum Gasteiger partial charge on any atom is -0.376 e. The number of amides is 2. The summed E-state index contributed by atoms with van der Waals surface area (Å²) in [7, 11) is 0. The van der Waals surface area contributed by atoms with Crippen LogP contribution in [0.15, 0.2) is 40.7 Å². The number of nitrogens with one attached hydrogen (secondary N) is 2. The summed E-state index contributed by atoms with van der Waals surface area (Å²) in [6.07, 6.45) is 2.18. The number of thiazole rings is 1. The standard InChI is InChI=1S/C21H19Cl2N3O3S2/c22-12-3-5-15(16(23)8-12)20(28)25-13-4-6-17-18(9-13)31-21(26-17)30-11-19(27)24-10-14-2-1-7-29-14/h3-6,8-9,14H,1-2,7,10-11H2,(H,24,27)(H,25,28). The number of aromatic nitrogens is 1. The van der Waals surface area contributed by atoms with Gasteiger partial charge in [0, 0.05) is 23.9 Å². The van der Waals surface area contributed by atoms with E-state index in [4.69, 9.17) is 27.9 Å². The third-order valence-corrected chi connectivity index (χ3v) is 7.39. The Morgan fingerprint density at radius 3 is 2.87 bits per heavy atom. The van der Waals surface area contributed by atoms with Gasteiger partial charge in [0.15, 0.2) is 4.34 Å². The highest BCUT2D eigenvalue weighted by Crippen LogP contribution is 2.31. The van der Waals surface area contributed by atoms with Gasteiger partial charge in [-0.1, -0.05) is 35.0 Å². The first-order valence-electron chi connectivity index (χ1n) is 9.66. The van der Waals surface area contributed by atoms with Crippen LogP contribution in [0.2, 0.25) is 10.0 Å². The van der Waals surface area contributed by atoms with E-state index in [1.807, 2.05) is 12.1 Å². The molecule has 1 unspecified atom stereocenters. The van der Waals surface area contributed by atoms with E-state index in [9.17, 15) is 9.59 Å². The Kier molecular flexibility index (Phi) is 7.35. The van der Waals surface area contributed by atoms with E-state index in [-0.39, 0.29) is 17.9 Å². The largest absolute Gasteiger partial charge is 0.376 e. The summed E-state index contributed by atoms with van der Waals surface area (Å²) in [6, 6.07) is 10.2. The predicted octanol–water partition coefficient (Wildman–Crippen LogP) is 5.24. The van der Waals surface area contributed by atoms with Crippen molar-refractivity contribution in [2.24, 2.45) is 0 Å². The average Bonchev–Trinajstić information content (AvgIpc) is 3.39. The van der Waals surface area contributed by atoms with Gasteiger partial charge in [-0.3, -0.25) is 9.59 Å². The van der Waals surface area contributed by atoms with Crippen molar-refractivity contribution >= 4 is 74.0 Å². The molecule has 2 amide bonds. The lowest BCUT2D eigenvalue weighted by Crippen LogP contribution is -2.32. The molecule has 10 heteroatoms. The zero-order valence-corrected chi connectivity index (χ0v) is 19.5. The molecule has 2 N–H and O–H groups in total. The van der Waals surface area contributed by atoms with Crippen LogP contribution in [0.25, 0.3) is 10.2 Å². The number of carbonyl (C=O) groups excluding carboxylic acids is 2. The van der Waals surface area contributed by atoms with E-state index in [2.05, 4.69) is 15.6 Å². The molecule has 0 aliphatic carbocycles. The molecule has 6 nitrogen and oxygen atoms in total. The topological polar surface area (TPSA) is 80.3 Å². The fraction of sp³-hybridized carbons (Fsp3) is 0.286. The van der Waals surface area contributed by atoms with E-state index >= 15 is 0 Å². The highest BCUT2D eigenvalue weighted by Gasteiger charge is 2.17. The molecule has 1 fully saturated rings. The van der Waals surface area contributed by atoms with E-state index in [1.165, 1.54) is 29.2 Å². The summed E-state index contributed by atoms with van der Waals surface area (Å²) in [6.45, 7) is 1.33. The highest BCUT2D eigenvalue weighted by molar-refractivity contribution is 8.01. The summed E-state index contributed by atoms with van der Waals surface area (Å²) in [5.41, 5.74) is 1.80. The van der Waals surface area contributed by atoms with Gasteiger partial charge in [0.2, 0.25) is 5.91 Å². The lowest BCUT2D eigenvalue weighted by molar-refractivity contribution is -0.119. The molecule has 3 aromatic rings. The molecule has 0 bridgehead atoms. The van der Waals surface area contributed by atoms with Crippen LogP contribution in [-0.2, 0) is 9.53 Å². The molecule has 162 valence electrons. The van der Waals surface area contributed by atoms with Gasteiger partial charge in [-0.2, -0.15) is 0 Å². The summed E-state index contributed by atoms with van der Waals surface area (Å²) in [4.78, 5) is 29.1. The predicted molar refractivity (Wildman–Crippen MR) is 127 cm³/mol. The van der Waals surface area contributed by atoms with Gasteiger partial charge in [-0.05, 0) is 49.2 Å². The van der Waals surface area contributed by atoms with E-state index in [1.54, 1.807) is 18.2 Å². The molecule has 1 saturated heterocycles. The quantitative estimate of drug-likeness (QED) is 0.437. The van der Waals surface area contributed by atoms with Crippen LogP contribution in [0.3, 0.4) is 0 Å². The molecule has 31 heavy (non-hydrogen) atoms. The summed E-state index contributed by atoms with van der Waals surface area (Å²) in [5, 5.41) is 6.51. The maximum absolute atomic E-state index is 12.5. The third kappa shape index (κ3) is 5.90. The molecular formula is C21H19Cl2N3O3S2. The molecule has 2 aromatic carbocycles. The van der Waals surface area contributed by atoms with E-state index < -0.39 is 0 Å². The van der Waals surface area contributed by atoms with E-state index in [0.29, 0.717) is 33.6 Å². The minimum absolute atomic E-state index is 0.0347. The van der Waals surface area contributed by atoms with Crippen LogP contribution in [0.4, 0.5) is 5.69 Å². The Morgan fingerprint density at radius 2 is 2.10 bits per heavy atom. The van der Waals surface area contributed by atoms with Crippen LogP contribution in [-0.4, -0.2) is 41.8 Å². The van der Waals surface area contributed by atoms with Crippen molar-refractivity contribution in [2.75, 3.05) is 24.2 Å². The Labute approximate surface area is 197 Å². The zero-order chi connectivity index (χ0) is 21.8. The Balaban J connectivity index is 1.35. The molecule has 4 rings (SSSR count). The Hall–Kier alpha value is -1.84. The van der Waals surface area contributed by atoms with Crippen LogP contribution in [0.1, 0.15) is 23.2 Å². The van der Waals surface area contributed by atoms with Gasteiger partial charge in [-0.15, -0.1) is 11.3 Å². The number of benzene rings is 2. The van der Waals surface area contributed by atoms with E-state index in [0.717, 1.165) is 34.0 Å². The van der Waals surface area contributed by atoms with Crippen LogP contribution in [0, 0.1) is 0 Å². The number of halogens is 2. The number of thioether (sulfide) groups is 1. The second-order valence-electron chi connectivity index (χ2n) is 6.97. The number of carbonyl (C=O) groups is 2. The van der Waals surface area contributed by atoms with Crippen molar-refractivity contribution in [1.82, 2.24) is 10.3 Å². The molecular weight excluding hydrogens is 477 g/mol. The maximum atomic E-state index is 12.5. The van der Waals surface area contributed by atoms with Crippen LogP contribution in [0.5, 0.6) is 0 Å². The third-order valence-electron chi connectivity index (χ3n) is 4.68.